The van der Waals surface area contributed by atoms with Crippen LogP contribution in [-0.4, -0.2) is 57.6 Å². The molecule has 0 aliphatic carbocycles. The lowest BCUT2D eigenvalue weighted by Crippen LogP contribution is -2.35. The van der Waals surface area contributed by atoms with Gasteiger partial charge in [0.15, 0.2) is 0 Å². The van der Waals surface area contributed by atoms with Crippen LogP contribution in [0.3, 0.4) is 0 Å². The van der Waals surface area contributed by atoms with E-state index in [9.17, 15) is 9.59 Å². The number of amidine groups is 1. The van der Waals surface area contributed by atoms with Crippen LogP contribution in [-0.2, 0) is 16.6 Å². The molecular weight excluding hydrogens is 422 g/mol. The van der Waals surface area contributed by atoms with Gasteiger partial charge in [-0.05, 0) is 11.6 Å². The molecule has 0 saturated carbocycles. The maximum absolute atomic E-state index is 12.7. The van der Waals surface area contributed by atoms with Crippen LogP contribution in [0.1, 0.15) is 24.0 Å². The highest BCUT2D eigenvalue weighted by Gasteiger charge is 2.24. The summed E-state index contributed by atoms with van der Waals surface area (Å²) in [5.41, 5.74) is 8.55. The second-order valence-corrected chi connectivity index (χ2v) is 7.79. The van der Waals surface area contributed by atoms with Crippen molar-refractivity contribution in [2.45, 2.75) is 12.8 Å². The predicted molar refractivity (Wildman–Crippen MR) is 124 cm³/mol. The van der Waals surface area contributed by atoms with Gasteiger partial charge >= 0.3 is 0 Å². The van der Waals surface area contributed by atoms with Crippen molar-refractivity contribution in [2.75, 3.05) is 31.2 Å². The van der Waals surface area contributed by atoms with Crippen molar-refractivity contribution in [1.29, 1.82) is 0 Å². The van der Waals surface area contributed by atoms with Crippen molar-refractivity contribution in [3.05, 3.63) is 70.4 Å². The van der Waals surface area contributed by atoms with Crippen molar-refractivity contribution in [2.24, 2.45) is 17.8 Å². The van der Waals surface area contributed by atoms with Crippen LogP contribution >= 0.6 is 0 Å². The standard InChI is InChI=1S/C23H25N7O3/c1-15(31)27-22(24)17-5-3-16(4-6-17)18-12-30(9-10-33-13-18)23-28-20(11-21(32)29(23)2)19-7-8-25-14-26-19/h3-8,11,14,18H,9-10,12-13H2,1-2H3,(H2,24,27,31). The van der Waals surface area contributed by atoms with Crippen molar-refractivity contribution < 1.29 is 9.53 Å². The third-order valence-electron chi connectivity index (χ3n) is 5.46. The van der Waals surface area contributed by atoms with E-state index in [0.717, 1.165) is 5.56 Å². The molecule has 33 heavy (non-hydrogen) atoms. The zero-order chi connectivity index (χ0) is 23.4. The van der Waals surface area contributed by atoms with E-state index in [-0.39, 0.29) is 23.2 Å². The Morgan fingerprint density at radius 3 is 2.70 bits per heavy atom. The maximum Gasteiger partial charge on any atom is 0.255 e. The number of carbonyl (C=O) groups is 1. The Hall–Kier alpha value is -3.92. The van der Waals surface area contributed by atoms with E-state index in [1.165, 1.54) is 23.9 Å². The minimum Gasteiger partial charge on any atom is -0.383 e. The quantitative estimate of drug-likeness (QED) is 0.465. The molecule has 1 saturated heterocycles. The first-order chi connectivity index (χ1) is 15.9. The Kier molecular flexibility index (Phi) is 6.55. The van der Waals surface area contributed by atoms with Crippen LogP contribution in [0.4, 0.5) is 5.95 Å². The zero-order valence-corrected chi connectivity index (χ0v) is 18.5. The maximum atomic E-state index is 12.7. The van der Waals surface area contributed by atoms with E-state index >= 15 is 0 Å². The van der Waals surface area contributed by atoms with Gasteiger partial charge in [0.25, 0.3) is 5.56 Å². The monoisotopic (exact) mass is 447 g/mol. The van der Waals surface area contributed by atoms with Gasteiger partial charge in [-0.3, -0.25) is 14.2 Å². The molecule has 1 aliphatic rings. The van der Waals surface area contributed by atoms with E-state index in [2.05, 4.69) is 19.9 Å². The first-order valence-corrected chi connectivity index (χ1v) is 10.5. The number of ether oxygens (including phenoxy) is 1. The highest BCUT2D eigenvalue weighted by Crippen LogP contribution is 2.24. The molecule has 2 N–H and O–H groups in total. The molecule has 1 unspecified atom stereocenters. The molecule has 1 atom stereocenters. The molecule has 170 valence electrons. The largest absolute Gasteiger partial charge is 0.383 e. The fourth-order valence-corrected chi connectivity index (χ4v) is 3.74. The molecule has 1 aromatic carbocycles. The van der Waals surface area contributed by atoms with Gasteiger partial charge in [-0.15, -0.1) is 0 Å². The molecular formula is C23H25N7O3. The number of amides is 1. The summed E-state index contributed by atoms with van der Waals surface area (Å²) in [4.78, 5) is 42.6. The smallest absolute Gasteiger partial charge is 0.255 e. The third-order valence-corrected chi connectivity index (χ3v) is 5.46. The van der Waals surface area contributed by atoms with Gasteiger partial charge in [0.1, 0.15) is 12.2 Å². The van der Waals surface area contributed by atoms with Gasteiger partial charge in [0.2, 0.25) is 11.9 Å². The van der Waals surface area contributed by atoms with Crippen LogP contribution in [0, 0.1) is 0 Å². The normalized spacial score (nSPS) is 17.0. The highest BCUT2D eigenvalue weighted by atomic mass is 16.5. The number of rotatable bonds is 4. The molecule has 0 spiro atoms. The Morgan fingerprint density at radius 2 is 2.00 bits per heavy atom. The van der Waals surface area contributed by atoms with E-state index in [1.54, 1.807) is 19.3 Å². The average molecular weight is 447 g/mol. The first-order valence-electron chi connectivity index (χ1n) is 10.5. The number of nitrogens with zero attached hydrogens (tertiary/aromatic N) is 6. The van der Waals surface area contributed by atoms with Crippen molar-refractivity contribution in [3.8, 4) is 11.4 Å². The van der Waals surface area contributed by atoms with E-state index in [1.807, 2.05) is 24.3 Å². The number of carbonyl (C=O) groups excluding carboxylic acids is 1. The average Bonchev–Trinajstić information content (AvgIpc) is 3.07. The molecule has 10 nitrogen and oxygen atoms in total. The summed E-state index contributed by atoms with van der Waals surface area (Å²) in [6, 6.07) is 10.8. The number of aliphatic imine (C=N–C) groups is 1. The molecule has 1 amide bonds. The van der Waals surface area contributed by atoms with Gasteiger partial charge in [-0.25, -0.2) is 15.0 Å². The fraction of sp³-hybridized carbons (Fsp3) is 0.304. The van der Waals surface area contributed by atoms with E-state index < -0.39 is 0 Å². The van der Waals surface area contributed by atoms with Crippen LogP contribution in [0.25, 0.3) is 11.4 Å². The molecule has 0 radical (unpaired) electrons. The predicted octanol–water partition coefficient (Wildman–Crippen LogP) is 1.11. The Balaban J connectivity index is 1.62. The summed E-state index contributed by atoms with van der Waals surface area (Å²) in [6.45, 7) is 3.62. The molecule has 1 fully saturated rings. The molecule has 2 aromatic heterocycles. The number of aromatic nitrogens is 4. The van der Waals surface area contributed by atoms with Crippen LogP contribution < -0.4 is 16.2 Å². The SMILES string of the molecule is CC(=O)N=C(N)c1ccc(C2COCCN(c3nc(-c4ccncn4)cc(=O)n3C)C2)cc1. The van der Waals surface area contributed by atoms with Gasteiger partial charge in [-0.2, -0.15) is 4.99 Å². The van der Waals surface area contributed by atoms with Gasteiger partial charge in [-0.1, -0.05) is 24.3 Å². The summed E-state index contributed by atoms with van der Waals surface area (Å²) >= 11 is 0. The Bertz CT molecular complexity index is 1220. The Labute approximate surface area is 190 Å². The number of hydrogen-bond acceptors (Lipinski definition) is 7. The van der Waals surface area contributed by atoms with E-state index in [4.69, 9.17) is 15.5 Å². The zero-order valence-electron chi connectivity index (χ0n) is 18.5. The molecule has 3 aromatic rings. The second kappa shape index (κ2) is 9.70. The minimum absolute atomic E-state index is 0.0483. The van der Waals surface area contributed by atoms with Crippen LogP contribution in [0.5, 0.6) is 0 Å². The molecule has 4 rings (SSSR count). The second-order valence-electron chi connectivity index (χ2n) is 7.79. The fourth-order valence-electron chi connectivity index (χ4n) is 3.74. The third kappa shape index (κ3) is 5.12. The van der Waals surface area contributed by atoms with Crippen LogP contribution in [0.2, 0.25) is 0 Å². The number of benzene rings is 1. The lowest BCUT2D eigenvalue weighted by molar-refractivity contribution is -0.115. The van der Waals surface area contributed by atoms with Crippen LogP contribution in [0.15, 0.2) is 58.7 Å². The van der Waals surface area contributed by atoms with Gasteiger partial charge in [0.05, 0.1) is 24.6 Å². The summed E-state index contributed by atoms with van der Waals surface area (Å²) in [5.74, 6) is 0.452. The van der Waals surface area contributed by atoms with Crippen molar-refractivity contribution >= 4 is 17.7 Å². The number of hydrogen-bond donors (Lipinski definition) is 1. The molecule has 3 heterocycles. The summed E-state index contributed by atoms with van der Waals surface area (Å²) in [7, 11) is 1.71. The number of nitrogens with two attached hydrogens (primary N) is 1. The van der Waals surface area contributed by atoms with Crippen molar-refractivity contribution in [1.82, 2.24) is 19.5 Å². The lowest BCUT2D eigenvalue weighted by atomic mass is 9.98. The molecule has 0 bridgehead atoms. The number of anilines is 1. The highest BCUT2D eigenvalue weighted by molar-refractivity contribution is 6.03. The summed E-state index contributed by atoms with van der Waals surface area (Å²) < 4.78 is 7.39. The first kappa shape index (κ1) is 22.3. The van der Waals surface area contributed by atoms with Gasteiger partial charge in [0, 0.05) is 50.8 Å². The van der Waals surface area contributed by atoms with Crippen molar-refractivity contribution in [3.63, 3.8) is 0 Å². The molecule has 1 aliphatic heterocycles. The summed E-state index contributed by atoms with van der Waals surface area (Å²) in [5, 5.41) is 0. The Morgan fingerprint density at radius 1 is 1.21 bits per heavy atom. The minimum atomic E-state index is -0.341. The van der Waals surface area contributed by atoms with E-state index in [0.29, 0.717) is 49.2 Å². The topological polar surface area (TPSA) is 129 Å². The van der Waals surface area contributed by atoms with Gasteiger partial charge < -0.3 is 15.4 Å². The lowest BCUT2D eigenvalue weighted by Gasteiger charge is -2.26. The summed E-state index contributed by atoms with van der Waals surface area (Å²) in [6.07, 6.45) is 3.05. The molecule has 10 heteroatoms.